The number of aromatic amines is 1. The third-order valence-corrected chi connectivity index (χ3v) is 8.40. The molecule has 3 aromatic rings. The number of nitrogens with zero attached hydrogens (tertiary/aromatic N) is 1. The second-order valence-electron chi connectivity index (χ2n) is 10.1. The van der Waals surface area contributed by atoms with Crippen LogP contribution in [0.3, 0.4) is 0 Å². The molecule has 1 amide bonds. The summed E-state index contributed by atoms with van der Waals surface area (Å²) in [5.41, 5.74) is 1.48. The van der Waals surface area contributed by atoms with Crippen LogP contribution in [0.25, 0.3) is 10.9 Å². The number of rotatable bonds is 8. The molecule has 3 N–H and O–H groups in total. The molecule has 5 rings (SSSR count). The number of piperidine rings is 1. The van der Waals surface area contributed by atoms with Gasteiger partial charge in [-0.25, -0.2) is 8.42 Å². The van der Waals surface area contributed by atoms with E-state index in [1.54, 1.807) is 12.1 Å². The summed E-state index contributed by atoms with van der Waals surface area (Å²) in [6.07, 6.45) is 4.66. The van der Waals surface area contributed by atoms with Gasteiger partial charge in [-0.2, -0.15) is 0 Å². The first-order chi connectivity index (χ1) is 17.7. The average Bonchev–Trinajstić information content (AvgIpc) is 3.52. The normalized spacial score (nSPS) is 20.4. The quantitative estimate of drug-likeness (QED) is 0.411. The van der Waals surface area contributed by atoms with Gasteiger partial charge in [-0.15, -0.1) is 0 Å². The second kappa shape index (κ2) is 10.4. The van der Waals surface area contributed by atoms with E-state index in [0.717, 1.165) is 36.4 Å². The number of nitrogens with one attached hydrogen (secondary N) is 2. The maximum absolute atomic E-state index is 13.0. The fraction of sp³-hybridized carbons (Fsp3) is 0.444. The summed E-state index contributed by atoms with van der Waals surface area (Å²) in [4.78, 5) is 18.3. The number of aliphatic hydroxyl groups is 1. The average molecular weight is 528 g/mol. The van der Waals surface area contributed by atoms with Crippen molar-refractivity contribution in [3.05, 3.63) is 60.3 Å². The van der Waals surface area contributed by atoms with Gasteiger partial charge in [0.2, 0.25) is 0 Å². The summed E-state index contributed by atoms with van der Waals surface area (Å²) in [6.45, 7) is 2.24. The van der Waals surface area contributed by atoms with E-state index in [9.17, 15) is 18.3 Å². The third kappa shape index (κ3) is 5.98. The Morgan fingerprint density at radius 1 is 1.24 bits per heavy atom. The van der Waals surface area contributed by atoms with Gasteiger partial charge in [0, 0.05) is 54.6 Å². The topological polar surface area (TPSA) is 121 Å². The standard InChI is InChI=1S/C27H33N3O6S/c1-37(33,34)24-4-2-3-23(14-24)35-18-22(31)16-29-21-15-27(36-17-21)8-11-30(12-9-27)26(32)20-5-6-25-19(13-20)7-10-28-25/h2-7,10,13-14,21-22,28-29,31H,8-9,11-12,15-18H2,1H3/t21?,22-/m0/s1. The van der Waals surface area contributed by atoms with Gasteiger partial charge in [-0.3, -0.25) is 4.79 Å². The molecule has 2 atom stereocenters. The monoisotopic (exact) mass is 527 g/mol. The lowest BCUT2D eigenvalue weighted by Gasteiger charge is -2.38. The molecule has 0 bridgehead atoms. The Balaban J connectivity index is 1.06. The van der Waals surface area contributed by atoms with Gasteiger partial charge in [-0.05, 0) is 61.7 Å². The summed E-state index contributed by atoms with van der Waals surface area (Å²) in [5.74, 6) is 0.454. The largest absolute Gasteiger partial charge is 0.491 e. The molecule has 1 aromatic heterocycles. The highest BCUT2D eigenvalue weighted by molar-refractivity contribution is 7.90. The van der Waals surface area contributed by atoms with Crippen LogP contribution in [0.1, 0.15) is 29.6 Å². The summed E-state index contributed by atoms with van der Waals surface area (Å²) in [5, 5.41) is 14.8. The van der Waals surface area contributed by atoms with Crippen LogP contribution in [-0.4, -0.2) is 86.2 Å². The Labute approximate surface area is 216 Å². The third-order valence-electron chi connectivity index (χ3n) is 7.29. The van der Waals surface area contributed by atoms with Gasteiger partial charge in [0.1, 0.15) is 18.5 Å². The highest BCUT2D eigenvalue weighted by Gasteiger charge is 2.43. The van der Waals surface area contributed by atoms with E-state index >= 15 is 0 Å². The van der Waals surface area contributed by atoms with Crippen molar-refractivity contribution in [2.45, 2.75) is 41.9 Å². The number of aliphatic hydroxyl groups excluding tert-OH is 1. The lowest BCUT2D eigenvalue weighted by Crippen LogP contribution is -2.47. The molecule has 0 radical (unpaired) electrons. The van der Waals surface area contributed by atoms with Crippen LogP contribution in [0.4, 0.5) is 0 Å². The molecule has 1 unspecified atom stereocenters. The number of benzene rings is 2. The molecule has 1 spiro atoms. The molecule has 10 heteroatoms. The van der Waals surface area contributed by atoms with E-state index < -0.39 is 15.9 Å². The van der Waals surface area contributed by atoms with Crippen LogP contribution in [-0.2, 0) is 14.6 Å². The number of aromatic nitrogens is 1. The van der Waals surface area contributed by atoms with Crippen LogP contribution < -0.4 is 10.1 Å². The first kappa shape index (κ1) is 25.7. The summed E-state index contributed by atoms with van der Waals surface area (Å²) >= 11 is 0. The van der Waals surface area contributed by atoms with Crippen molar-refractivity contribution in [2.75, 3.05) is 39.1 Å². The van der Waals surface area contributed by atoms with E-state index in [0.29, 0.717) is 37.6 Å². The fourth-order valence-electron chi connectivity index (χ4n) is 5.16. The smallest absolute Gasteiger partial charge is 0.253 e. The van der Waals surface area contributed by atoms with Crippen LogP contribution in [0.15, 0.2) is 59.6 Å². The minimum absolute atomic E-state index is 0.0462. The van der Waals surface area contributed by atoms with Gasteiger partial charge in [0.25, 0.3) is 5.91 Å². The van der Waals surface area contributed by atoms with E-state index in [2.05, 4.69) is 10.3 Å². The second-order valence-corrected chi connectivity index (χ2v) is 12.1. The molecule has 0 aliphatic carbocycles. The van der Waals surface area contributed by atoms with Crippen molar-refractivity contribution in [3.63, 3.8) is 0 Å². The molecule has 2 aliphatic heterocycles. The minimum Gasteiger partial charge on any atom is -0.491 e. The van der Waals surface area contributed by atoms with E-state index in [1.807, 2.05) is 35.4 Å². The number of carbonyl (C=O) groups excluding carboxylic acids is 1. The minimum atomic E-state index is -3.32. The molecule has 2 aliphatic rings. The van der Waals surface area contributed by atoms with Crippen LogP contribution >= 0.6 is 0 Å². The van der Waals surface area contributed by atoms with Crippen LogP contribution in [0.2, 0.25) is 0 Å². The van der Waals surface area contributed by atoms with Crippen molar-refractivity contribution in [2.24, 2.45) is 0 Å². The van der Waals surface area contributed by atoms with E-state index in [4.69, 9.17) is 9.47 Å². The Morgan fingerprint density at radius 3 is 2.84 bits per heavy atom. The zero-order chi connectivity index (χ0) is 26.0. The van der Waals surface area contributed by atoms with E-state index in [1.165, 1.54) is 12.1 Å². The number of sulfone groups is 1. The molecular formula is C27H33N3O6S. The fourth-order valence-corrected chi connectivity index (χ4v) is 5.81. The highest BCUT2D eigenvalue weighted by atomic mass is 32.2. The number of likely N-dealkylation sites (tertiary alicyclic amines) is 1. The number of hydrogen-bond donors (Lipinski definition) is 3. The lowest BCUT2D eigenvalue weighted by molar-refractivity contribution is -0.0389. The summed E-state index contributed by atoms with van der Waals surface area (Å²) < 4.78 is 35.2. The zero-order valence-corrected chi connectivity index (χ0v) is 21.7. The Bertz CT molecular complexity index is 1360. The van der Waals surface area contributed by atoms with Gasteiger partial charge in [-0.1, -0.05) is 6.07 Å². The van der Waals surface area contributed by atoms with Crippen molar-refractivity contribution >= 4 is 26.6 Å². The number of fused-ring (bicyclic) bond motifs is 1. The van der Waals surface area contributed by atoms with Crippen molar-refractivity contribution < 1.29 is 27.8 Å². The van der Waals surface area contributed by atoms with Gasteiger partial charge < -0.3 is 29.8 Å². The summed E-state index contributed by atoms with van der Waals surface area (Å²) in [6, 6.07) is 14.1. The zero-order valence-electron chi connectivity index (χ0n) is 20.9. The van der Waals surface area contributed by atoms with Gasteiger partial charge in [0.05, 0.1) is 17.1 Å². The molecule has 2 saturated heterocycles. The molecule has 37 heavy (non-hydrogen) atoms. The number of H-pyrrole nitrogens is 1. The summed E-state index contributed by atoms with van der Waals surface area (Å²) in [7, 11) is -3.32. The lowest BCUT2D eigenvalue weighted by atomic mass is 9.87. The number of carbonyl (C=O) groups is 1. The molecular weight excluding hydrogens is 494 g/mol. The van der Waals surface area contributed by atoms with Crippen LogP contribution in [0, 0.1) is 0 Å². The van der Waals surface area contributed by atoms with Crippen LogP contribution in [0.5, 0.6) is 5.75 Å². The van der Waals surface area contributed by atoms with Crippen molar-refractivity contribution in [1.29, 1.82) is 0 Å². The molecule has 198 valence electrons. The molecule has 0 saturated carbocycles. The van der Waals surface area contributed by atoms with Crippen molar-refractivity contribution in [3.8, 4) is 5.75 Å². The Hall–Kier alpha value is -2.92. The highest BCUT2D eigenvalue weighted by Crippen LogP contribution is 2.36. The van der Waals surface area contributed by atoms with E-state index in [-0.39, 0.29) is 29.1 Å². The maximum atomic E-state index is 13.0. The number of amides is 1. The van der Waals surface area contributed by atoms with Crippen molar-refractivity contribution in [1.82, 2.24) is 15.2 Å². The van der Waals surface area contributed by atoms with Gasteiger partial charge in [0.15, 0.2) is 9.84 Å². The number of ether oxygens (including phenoxy) is 2. The number of hydrogen-bond acceptors (Lipinski definition) is 7. The Morgan fingerprint density at radius 2 is 2.05 bits per heavy atom. The first-order valence-electron chi connectivity index (χ1n) is 12.6. The first-order valence-corrected chi connectivity index (χ1v) is 14.4. The maximum Gasteiger partial charge on any atom is 0.253 e. The molecule has 9 nitrogen and oxygen atoms in total. The Kier molecular flexibility index (Phi) is 7.26. The predicted molar refractivity (Wildman–Crippen MR) is 140 cm³/mol. The molecule has 2 aromatic carbocycles. The molecule has 2 fully saturated rings. The molecule has 3 heterocycles. The predicted octanol–water partition coefficient (Wildman–Crippen LogP) is 2.36. The van der Waals surface area contributed by atoms with Gasteiger partial charge >= 0.3 is 0 Å². The SMILES string of the molecule is CS(=O)(=O)c1cccc(OC[C@@H](O)CNC2COC3(CCN(C(=O)c4ccc5[nH]ccc5c4)CC3)C2)c1.